The summed E-state index contributed by atoms with van der Waals surface area (Å²) >= 11 is 0. The molecular formula is C21H26N4O2. The van der Waals surface area contributed by atoms with E-state index in [-0.39, 0.29) is 11.5 Å². The van der Waals surface area contributed by atoms with E-state index in [1.165, 1.54) is 17.2 Å². The molecule has 2 aromatic rings. The zero-order chi connectivity index (χ0) is 19.2. The van der Waals surface area contributed by atoms with Crippen molar-refractivity contribution in [2.75, 3.05) is 18.0 Å². The molecule has 0 radical (unpaired) electrons. The lowest BCUT2D eigenvalue weighted by atomic mass is 9.92. The van der Waals surface area contributed by atoms with Gasteiger partial charge in [-0.3, -0.25) is 9.59 Å². The second-order valence-corrected chi connectivity index (χ2v) is 8.07. The first-order chi connectivity index (χ1) is 12.9. The monoisotopic (exact) mass is 366 g/mol. The van der Waals surface area contributed by atoms with Crippen molar-refractivity contribution in [2.45, 2.75) is 38.6 Å². The van der Waals surface area contributed by atoms with E-state index in [9.17, 15) is 9.59 Å². The van der Waals surface area contributed by atoms with Gasteiger partial charge in [-0.15, -0.1) is 0 Å². The second-order valence-electron chi connectivity index (χ2n) is 8.07. The van der Waals surface area contributed by atoms with E-state index in [0.717, 1.165) is 30.8 Å². The van der Waals surface area contributed by atoms with Crippen LogP contribution in [0.1, 0.15) is 32.3 Å². The van der Waals surface area contributed by atoms with Crippen LogP contribution in [0.2, 0.25) is 0 Å². The number of rotatable bonds is 2. The molecule has 6 nitrogen and oxygen atoms in total. The molecule has 1 saturated heterocycles. The van der Waals surface area contributed by atoms with E-state index in [4.69, 9.17) is 0 Å². The number of nitrogens with zero attached hydrogens (tertiary/aromatic N) is 4. The summed E-state index contributed by atoms with van der Waals surface area (Å²) in [6, 6.07) is 11.3. The summed E-state index contributed by atoms with van der Waals surface area (Å²) in [6.45, 7) is 5.82. The lowest BCUT2D eigenvalue weighted by molar-refractivity contribution is -0.137. The van der Waals surface area contributed by atoms with Gasteiger partial charge in [-0.25, -0.2) is 4.68 Å². The molecule has 6 heteroatoms. The van der Waals surface area contributed by atoms with E-state index in [1.807, 2.05) is 34.9 Å². The first kappa shape index (κ1) is 17.8. The van der Waals surface area contributed by atoms with Crippen LogP contribution in [0.15, 0.2) is 41.2 Å². The van der Waals surface area contributed by atoms with Gasteiger partial charge in [0.25, 0.3) is 5.56 Å². The van der Waals surface area contributed by atoms with Gasteiger partial charge in [0.05, 0.1) is 0 Å². The molecule has 0 spiro atoms. The summed E-state index contributed by atoms with van der Waals surface area (Å²) < 4.78 is 1.32. The minimum absolute atomic E-state index is 0.140. The van der Waals surface area contributed by atoms with Gasteiger partial charge in [0, 0.05) is 38.3 Å². The van der Waals surface area contributed by atoms with Gasteiger partial charge in [-0.2, -0.15) is 5.10 Å². The van der Waals surface area contributed by atoms with Crippen molar-refractivity contribution >= 4 is 17.4 Å². The highest BCUT2D eigenvalue weighted by molar-refractivity contribution is 5.95. The second kappa shape index (κ2) is 6.51. The van der Waals surface area contributed by atoms with Gasteiger partial charge >= 0.3 is 0 Å². The van der Waals surface area contributed by atoms with Crippen LogP contribution >= 0.6 is 0 Å². The van der Waals surface area contributed by atoms with Crippen molar-refractivity contribution in [2.24, 2.45) is 13.0 Å². The molecule has 3 heterocycles. The molecule has 0 aliphatic carbocycles. The number of aromatic nitrogens is 2. The molecule has 2 unspecified atom stereocenters. The molecule has 0 N–H and O–H groups in total. The summed E-state index contributed by atoms with van der Waals surface area (Å²) in [5.41, 5.74) is 1.22. The first-order valence-corrected chi connectivity index (χ1v) is 9.62. The van der Waals surface area contributed by atoms with Crippen molar-refractivity contribution in [3.63, 3.8) is 0 Å². The fourth-order valence-electron chi connectivity index (χ4n) is 4.47. The quantitative estimate of drug-likeness (QED) is 0.819. The predicted molar refractivity (Wildman–Crippen MR) is 105 cm³/mol. The highest BCUT2D eigenvalue weighted by Crippen LogP contribution is 2.44. The average Bonchev–Trinajstić information content (AvgIpc) is 2.96. The number of hydrogen-bond acceptors (Lipinski definition) is 4. The molecule has 0 bridgehead atoms. The average molecular weight is 366 g/mol. The molecular weight excluding hydrogens is 340 g/mol. The Hall–Kier alpha value is -2.63. The van der Waals surface area contributed by atoms with Crippen LogP contribution in [0.4, 0.5) is 11.5 Å². The molecule has 2 aliphatic heterocycles. The molecule has 2 aliphatic rings. The van der Waals surface area contributed by atoms with E-state index in [0.29, 0.717) is 18.2 Å². The van der Waals surface area contributed by atoms with Crippen molar-refractivity contribution in [1.29, 1.82) is 0 Å². The Morgan fingerprint density at radius 2 is 2.00 bits per heavy atom. The molecule has 2 atom stereocenters. The largest absolute Gasteiger partial charge is 0.340 e. The standard InChI is InChI=1S/C21H26N4O2/c1-15-7-6-12-24(14-15)20(27)21(2)13-16-8-4-5-9-17(16)25(21)18-10-11-19(26)23(3)22-18/h4-5,8-11,15H,6-7,12-14H2,1-3H3. The fraction of sp³-hybridized carbons (Fsp3) is 0.476. The van der Waals surface area contributed by atoms with Crippen LogP contribution in [-0.2, 0) is 18.3 Å². The zero-order valence-corrected chi connectivity index (χ0v) is 16.2. The van der Waals surface area contributed by atoms with Crippen LogP contribution in [0, 0.1) is 5.92 Å². The third-order valence-electron chi connectivity index (χ3n) is 5.84. The Kier molecular flexibility index (Phi) is 4.29. The van der Waals surface area contributed by atoms with Gasteiger partial charge in [0.2, 0.25) is 5.91 Å². The molecule has 1 amide bonds. The number of carbonyl (C=O) groups excluding carboxylic acids is 1. The van der Waals surface area contributed by atoms with Crippen molar-refractivity contribution in [1.82, 2.24) is 14.7 Å². The summed E-state index contributed by atoms with van der Waals surface area (Å²) in [5, 5.41) is 4.45. The first-order valence-electron chi connectivity index (χ1n) is 9.62. The number of aryl methyl sites for hydroxylation is 1. The molecule has 1 aromatic heterocycles. The van der Waals surface area contributed by atoms with Gasteiger partial charge in [0.15, 0.2) is 5.82 Å². The predicted octanol–water partition coefficient (Wildman–Crippen LogP) is 2.49. The van der Waals surface area contributed by atoms with Gasteiger partial charge in [0.1, 0.15) is 5.54 Å². The summed E-state index contributed by atoms with van der Waals surface area (Å²) in [6.07, 6.45) is 2.86. The molecule has 0 saturated carbocycles. The number of hydrogen-bond donors (Lipinski definition) is 0. The highest BCUT2D eigenvalue weighted by atomic mass is 16.2. The Morgan fingerprint density at radius 3 is 2.74 bits per heavy atom. The van der Waals surface area contributed by atoms with E-state index >= 15 is 0 Å². The normalized spacial score (nSPS) is 24.8. The molecule has 27 heavy (non-hydrogen) atoms. The number of fused-ring (bicyclic) bond motifs is 1. The summed E-state index contributed by atoms with van der Waals surface area (Å²) in [4.78, 5) is 29.5. The molecule has 1 fully saturated rings. The highest BCUT2D eigenvalue weighted by Gasteiger charge is 2.49. The summed E-state index contributed by atoms with van der Waals surface area (Å²) in [7, 11) is 1.64. The van der Waals surface area contributed by atoms with Crippen LogP contribution in [-0.4, -0.2) is 39.2 Å². The third kappa shape index (κ3) is 2.93. The number of anilines is 2. The minimum atomic E-state index is -0.745. The maximum Gasteiger partial charge on any atom is 0.266 e. The smallest absolute Gasteiger partial charge is 0.266 e. The Bertz CT molecular complexity index is 938. The van der Waals surface area contributed by atoms with Gasteiger partial charge < -0.3 is 9.80 Å². The van der Waals surface area contributed by atoms with Crippen molar-refractivity contribution in [3.05, 3.63) is 52.3 Å². The maximum absolute atomic E-state index is 13.7. The van der Waals surface area contributed by atoms with Crippen molar-refractivity contribution < 1.29 is 4.79 Å². The van der Waals surface area contributed by atoms with Gasteiger partial charge in [-0.05, 0) is 43.4 Å². The molecule has 4 rings (SSSR count). The number of amides is 1. The van der Waals surface area contributed by atoms with Gasteiger partial charge in [-0.1, -0.05) is 25.1 Å². The number of likely N-dealkylation sites (tertiary alicyclic amines) is 1. The van der Waals surface area contributed by atoms with Crippen LogP contribution in [0.25, 0.3) is 0 Å². The number of benzene rings is 1. The zero-order valence-electron chi connectivity index (χ0n) is 16.2. The van der Waals surface area contributed by atoms with Crippen LogP contribution in [0.5, 0.6) is 0 Å². The van der Waals surface area contributed by atoms with Crippen LogP contribution in [0.3, 0.4) is 0 Å². The Morgan fingerprint density at radius 1 is 1.22 bits per heavy atom. The number of carbonyl (C=O) groups is 1. The Labute approximate surface area is 159 Å². The van der Waals surface area contributed by atoms with E-state index in [1.54, 1.807) is 13.1 Å². The number of para-hydroxylation sites is 1. The molecule has 142 valence electrons. The Balaban J connectivity index is 1.79. The lowest BCUT2D eigenvalue weighted by Gasteiger charge is -2.41. The topological polar surface area (TPSA) is 58.4 Å². The third-order valence-corrected chi connectivity index (χ3v) is 5.84. The molecule has 1 aromatic carbocycles. The number of piperidine rings is 1. The van der Waals surface area contributed by atoms with E-state index < -0.39 is 5.54 Å². The lowest BCUT2D eigenvalue weighted by Crippen LogP contribution is -2.57. The minimum Gasteiger partial charge on any atom is -0.340 e. The maximum atomic E-state index is 13.7. The van der Waals surface area contributed by atoms with Crippen LogP contribution < -0.4 is 10.5 Å². The summed E-state index contributed by atoms with van der Waals surface area (Å²) in [5.74, 6) is 1.29. The SMILES string of the molecule is CC1CCCN(C(=O)C2(C)Cc3ccccc3N2c2ccc(=O)n(C)n2)C1. The fourth-order valence-corrected chi connectivity index (χ4v) is 4.47. The van der Waals surface area contributed by atoms with E-state index in [2.05, 4.69) is 18.1 Å². The van der Waals surface area contributed by atoms with Crippen molar-refractivity contribution in [3.8, 4) is 0 Å².